The SMILES string of the molecule is [2H]C([2H])([2H])[C@H]1c2ccccc2[C@H](C)C1(O)c1ccccc1. The van der Waals surface area contributed by atoms with Crippen molar-refractivity contribution in [2.75, 3.05) is 0 Å². The van der Waals surface area contributed by atoms with Crippen molar-refractivity contribution in [3.05, 3.63) is 71.3 Å². The van der Waals surface area contributed by atoms with Crippen molar-refractivity contribution in [1.29, 1.82) is 0 Å². The first-order valence-corrected chi connectivity index (χ1v) is 6.23. The van der Waals surface area contributed by atoms with Crippen molar-refractivity contribution in [3.8, 4) is 0 Å². The summed E-state index contributed by atoms with van der Waals surface area (Å²) in [5, 5.41) is 11.4. The lowest BCUT2D eigenvalue weighted by Crippen LogP contribution is -2.32. The van der Waals surface area contributed by atoms with E-state index in [1.54, 1.807) is 12.1 Å². The summed E-state index contributed by atoms with van der Waals surface area (Å²) >= 11 is 0. The van der Waals surface area contributed by atoms with Crippen LogP contribution in [0.25, 0.3) is 0 Å². The van der Waals surface area contributed by atoms with E-state index in [1.165, 1.54) is 0 Å². The van der Waals surface area contributed by atoms with Gasteiger partial charge in [-0.2, -0.15) is 0 Å². The summed E-state index contributed by atoms with van der Waals surface area (Å²) in [6.07, 6.45) is 0. The molecule has 0 heterocycles. The highest BCUT2D eigenvalue weighted by Gasteiger charge is 2.48. The standard InChI is InChI=1S/C17H18O/c1-12-15-10-6-7-11-16(15)13(2)17(12,18)14-8-4-3-5-9-14/h3-13,18H,1-2H3/t12-,13-/m0/s1/i1D3/t12-,13-,17?. The summed E-state index contributed by atoms with van der Waals surface area (Å²) < 4.78 is 23.8. The Morgan fingerprint density at radius 1 is 0.944 bits per heavy atom. The van der Waals surface area contributed by atoms with Crippen LogP contribution in [0.1, 0.15) is 46.4 Å². The highest BCUT2D eigenvalue weighted by molar-refractivity contribution is 5.46. The van der Waals surface area contributed by atoms with E-state index in [0.717, 1.165) is 11.1 Å². The molecule has 3 rings (SSSR count). The van der Waals surface area contributed by atoms with Gasteiger partial charge in [-0.25, -0.2) is 0 Å². The third-order valence-electron chi connectivity index (χ3n) is 4.11. The van der Waals surface area contributed by atoms with Crippen LogP contribution in [0, 0.1) is 0 Å². The van der Waals surface area contributed by atoms with Crippen LogP contribution in [-0.2, 0) is 5.60 Å². The molecule has 1 nitrogen and oxygen atoms in total. The quantitative estimate of drug-likeness (QED) is 0.805. The van der Waals surface area contributed by atoms with Gasteiger partial charge in [0.15, 0.2) is 0 Å². The molecule has 1 aliphatic rings. The van der Waals surface area contributed by atoms with E-state index in [-0.39, 0.29) is 5.92 Å². The molecule has 0 aliphatic heterocycles. The van der Waals surface area contributed by atoms with E-state index in [1.807, 2.05) is 49.4 Å². The molecule has 1 unspecified atom stereocenters. The molecule has 0 saturated carbocycles. The molecule has 2 aromatic rings. The van der Waals surface area contributed by atoms with Crippen LogP contribution >= 0.6 is 0 Å². The largest absolute Gasteiger partial charge is 0.384 e. The second-order valence-electron chi connectivity index (χ2n) is 4.97. The van der Waals surface area contributed by atoms with E-state index < -0.39 is 18.4 Å². The highest BCUT2D eigenvalue weighted by Crippen LogP contribution is 2.54. The van der Waals surface area contributed by atoms with Crippen LogP contribution < -0.4 is 0 Å². The molecule has 18 heavy (non-hydrogen) atoms. The number of hydrogen-bond donors (Lipinski definition) is 1. The molecule has 92 valence electrons. The Morgan fingerprint density at radius 2 is 1.50 bits per heavy atom. The molecule has 0 radical (unpaired) electrons. The Bertz CT molecular complexity index is 651. The Balaban J connectivity index is 2.25. The van der Waals surface area contributed by atoms with Crippen LogP contribution in [0.3, 0.4) is 0 Å². The topological polar surface area (TPSA) is 20.2 Å². The van der Waals surface area contributed by atoms with Crippen molar-refractivity contribution in [3.63, 3.8) is 0 Å². The van der Waals surface area contributed by atoms with Crippen LogP contribution in [-0.4, -0.2) is 5.11 Å². The Kier molecular flexibility index (Phi) is 1.87. The number of fused-ring (bicyclic) bond motifs is 1. The summed E-state index contributed by atoms with van der Waals surface area (Å²) in [5.74, 6) is -1.17. The zero-order valence-electron chi connectivity index (χ0n) is 13.3. The van der Waals surface area contributed by atoms with Crippen molar-refractivity contribution in [1.82, 2.24) is 0 Å². The molecule has 0 spiro atoms. The Morgan fingerprint density at radius 3 is 2.11 bits per heavy atom. The fourth-order valence-corrected chi connectivity index (χ4v) is 3.01. The number of hydrogen-bond acceptors (Lipinski definition) is 1. The average Bonchev–Trinajstić information content (AvgIpc) is 2.70. The fourth-order valence-electron chi connectivity index (χ4n) is 3.01. The van der Waals surface area contributed by atoms with Gasteiger partial charge in [0.05, 0.1) is 0 Å². The zero-order valence-corrected chi connectivity index (χ0v) is 10.3. The molecule has 1 heteroatoms. The van der Waals surface area contributed by atoms with E-state index >= 15 is 0 Å². The lowest BCUT2D eigenvalue weighted by molar-refractivity contribution is 0.00304. The van der Waals surface area contributed by atoms with E-state index in [9.17, 15) is 5.11 Å². The summed E-state index contributed by atoms with van der Waals surface area (Å²) in [6.45, 7) is -0.358. The number of rotatable bonds is 1. The third kappa shape index (κ3) is 1.37. The minimum atomic E-state index is -2.26. The van der Waals surface area contributed by atoms with Gasteiger partial charge in [-0.3, -0.25) is 0 Å². The smallest absolute Gasteiger partial charge is 0.103 e. The second kappa shape index (κ2) is 3.96. The Hall–Kier alpha value is -1.60. The number of benzene rings is 2. The third-order valence-corrected chi connectivity index (χ3v) is 4.11. The normalized spacial score (nSPS) is 33.3. The monoisotopic (exact) mass is 241 g/mol. The number of aliphatic hydroxyl groups is 1. The summed E-state index contributed by atoms with van der Waals surface area (Å²) in [5.41, 5.74) is 0.909. The summed E-state index contributed by atoms with van der Waals surface area (Å²) in [7, 11) is 0. The van der Waals surface area contributed by atoms with Gasteiger partial charge < -0.3 is 5.11 Å². The molecule has 0 aromatic heterocycles. The van der Waals surface area contributed by atoms with E-state index in [0.29, 0.717) is 5.56 Å². The maximum atomic E-state index is 11.4. The van der Waals surface area contributed by atoms with Crippen molar-refractivity contribution >= 4 is 0 Å². The predicted molar refractivity (Wildman–Crippen MR) is 73.6 cm³/mol. The average molecular weight is 241 g/mol. The first-order chi connectivity index (χ1) is 9.87. The van der Waals surface area contributed by atoms with Crippen molar-refractivity contribution in [2.45, 2.75) is 31.2 Å². The van der Waals surface area contributed by atoms with Gasteiger partial charge in [0, 0.05) is 15.9 Å². The minimum absolute atomic E-state index is 0.262. The molecule has 3 atom stereocenters. The molecule has 0 amide bonds. The zero-order chi connectivity index (χ0) is 15.3. The molecular weight excluding hydrogens is 220 g/mol. The van der Waals surface area contributed by atoms with Gasteiger partial charge in [0.1, 0.15) is 5.60 Å². The molecular formula is C17H18O. The maximum absolute atomic E-state index is 11.4. The maximum Gasteiger partial charge on any atom is 0.103 e. The van der Waals surface area contributed by atoms with Crippen molar-refractivity contribution < 1.29 is 9.22 Å². The second-order valence-corrected chi connectivity index (χ2v) is 4.97. The summed E-state index contributed by atoms with van der Waals surface area (Å²) in [4.78, 5) is 0. The van der Waals surface area contributed by atoms with Crippen LogP contribution in [0.4, 0.5) is 0 Å². The van der Waals surface area contributed by atoms with E-state index in [4.69, 9.17) is 4.11 Å². The van der Waals surface area contributed by atoms with Gasteiger partial charge in [0.2, 0.25) is 0 Å². The molecule has 0 saturated heterocycles. The predicted octanol–water partition coefficient (Wildman–Crippen LogP) is 3.80. The van der Waals surface area contributed by atoms with Crippen LogP contribution in [0.15, 0.2) is 54.6 Å². The molecule has 2 aromatic carbocycles. The van der Waals surface area contributed by atoms with Crippen LogP contribution in [0.5, 0.6) is 0 Å². The molecule has 1 aliphatic carbocycles. The highest BCUT2D eigenvalue weighted by atomic mass is 16.3. The lowest BCUT2D eigenvalue weighted by atomic mass is 9.78. The van der Waals surface area contributed by atoms with Crippen LogP contribution in [0.2, 0.25) is 0 Å². The van der Waals surface area contributed by atoms with Gasteiger partial charge in [-0.1, -0.05) is 68.4 Å². The first-order valence-electron chi connectivity index (χ1n) is 7.73. The van der Waals surface area contributed by atoms with Crippen molar-refractivity contribution in [2.24, 2.45) is 0 Å². The fraction of sp³-hybridized carbons (Fsp3) is 0.294. The van der Waals surface area contributed by atoms with Gasteiger partial charge in [-0.15, -0.1) is 0 Å². The Labute approximate surface area is 112 Å². The minimum Gasteiger partial charge on any atom is -0.384 e. The van der Waals surface area contributed by atoms with Gasteiger partial charge in [0.25, 0.3) is 0 Å². The van der Waals surface area contributed by atoms with Gasteiger partial charge >= 0.3 is 0 Å². The molecule has 0 fully saturated rings. The summed E-state index contributed by atoms with van der Waals surface area (Å²) in [6, 6.07) is 16.6. The molecule has 0 bridgehead atoms. The molecule has 1 N–H and O–H groups in total. The lowest BCUT2D eigenvalue weighted by Gasteiger charge is -2.33. The van der Waals surface area contributed by atoms with Gasteiger partial charge in [-0.05, 0) is 16.7 Å². The van der Waals surface area contributed by atoms with E-state index in [2.05, 4.69) is 0 Å². The first kappa shape index (κ1) is 8.49.